The second kappa shape index (κ2) is 11.1. The maximum atomic E-state index is 12.5. The highest BCUT2D eigenvalue weighted by atomic mass is 19.4. The number of carbonyl (C=O) groups excluding carboxylic acids is 2. The van der Waals surface area contributed by atoms with Gasteiger partial charge in [-0.15, -0.1) is 13.2 Å². The molecule has 0 atom stereocenters. The standard InChI is InChI=1S/C24H22F3NO9/c1-6-15-12(2)20(36-23(30)33-5)18-19(28-15)16(35-22(29)32-4)11-17(21(18)31-3)34-13-7-9-14(10-8-13)37-24(25,26)27/h7-11H,6H2,1-5H3. The van der Waals surface area contributed by atoms with Crippen molar-refractivity contribution in [3.05, 3.63) is 41.6 Å². The zero-order valence-corrected chi connectivity index (χ0v) is 20.3. The van der Waals surface area contributed by atoms with Crippen LogP contribution in [0.2, 0.25) is 0 Å². The normalized spacial score (nSPS) is 11.0. The molecule has 3 rings (SSSR count). The summed E-state index contributed by atoms with van der Waals surface area (Å²) in [6, 6.07) is 5.82. The number of aryl methyl sites for hydroxylation is 1. The lowest BCUT2D eigenvalue weighted by Crippen LogP contribution is -2.16. The maximum absolute atomic E-state index is 12.5. The third kappa shape index (κ3) is 6.23. The molecule has 0 aliphatic rings. The van der Waals surface area contributed by atoms with Crippen molar-refractivity contribution in [2.24, 2.45) is 0 Å². The van der Waals surface area contributed by atoms with Crippen molar-refractivity contribution in [1.82, 2.24) is 4.98 Å². The van der Waals surface area contributed by atoms with Gasteiger partial charge in [0.1, 0.15) is 17.0 Å². The summed E-state index contributed by atoms with van der Waals surface area (Å²) in [6.07, 6.45) is -6.52. The van der Waals surface area contributed by atoms with E-state index in [1.165, 1.54) is 25.3 Å². The van der Waals surface area contributed by atoms with E-state index in [9.17, 15) is 22.8 Å². The first-order chi connectivity index (χ1) is 17.5. The number of methoxy groups -OCH3 is 3. The quantitative estimate of drug-likeness (QED) is 0.265. The van der Waals surface area contributed by atoms with Crippen LogP contribution in [0.5, 0.6) is 34.5 Å². The van der Waals surface area contributed by atoms with E-state index in [1.807, 2.05) is 6.92 Å². The molecule has 0 amide bonds. The molecule has 0 saturated carbocycles. The number of aromatic nitrogens is 1. The van der Waals surface area contributed by atoms with Gasteiger partial charge in [0.05, 0.1) is 26.7 Å². The van der Waals surface area contributed by atoms with Gasteiger partial charge in [0.15, 0.2) is 23.0 Å². The molecule has 1 heterocycles. The van der Waals surface area contributed by atoms with Crippen LogP contribution in [0.1, 0.15) is 18.2 Å². The number of fused-ring (bicyclic) bond motifs is 1. The van der Waals surface area contributed by atoms with E-state index in [2.05, 4.69) is 19.2 Å². The number of halogens is 3. The van der Waals surface area contributed by atoms with Crippen molar-refractivity contribution >= 4 is 23.2 Å². The number of nitrogens with zero attached hydrogens (tertiary/aromatic N) is 1. The molecule has 3 aromatic rings. The zero-order chi connectivity index (χ0) is 27.3. The molecule has 0 aliphatic heterocycles. The number of hydrogen-bond acceptors (Lipinski definition) is 10. The van der Waals surface area contributed by atoms with E-state index in [1.54, 1.807) is 6.92 Å². The smallest absolute Gasteiger partial charge is 0.492 e. The molecule has 198 valence electrons. The molecule has 0 unspecified atom stereocenters. The minimum absolute atomic E-state index is 0.0136. The maximum Gasteiger partial charge on any atom is 0.573 e. The highest BCUT2D eigenvalue weighted by Crippen LogP contribution is 2.48. The Kier molecular flexibility index (Phi) is 8.15. The summed E-state index contributed by atoms with van der Waals surface area (Å²) in [5.74, 6) is -0.500. The van der Waals surface area contributed by atoms with Crippen molar-refractivity contribution < 1.29 is 55.9 Å². The summed E-state index contributed by atoms with van der Waals surface area (Å²) in [5.41, 5.74) is 1.09. The van der Waals surface area contributed by atoms with Crippen molar-refractivity contribution in [3.63, 3.8) is 0 Å². The predicted molar refractivity (Wildman–Crippen MR) is 122 cm³/mol. The van der Waals surface area contributed by atoms with Crippen LogP contribution in [0.15, 0.2) is 30.3 Å². The first-order valence-electron chi connectivity index (χ1n) is 10.6. The Balaban J connectivity index is 2.24. The van der Waals surface area contributed by atoms with E-state index in [0.29, 0.717) is 17.7 Å². The van der Waals surface area contributed by atoms with Gasteiger partial charge in [-0.25, -0.2) is 14.6 Å². The third-order valence-electron chi connectivity index (χ3n) is 4.97. The molecular weight excluding hydrogens is 503 g/mol. The molecule has 0 aliphatic carbocycles. The van der Waals surface area contributed by atoms with Gasteiger partial charge < -0.3 is 33.2 Å². The van der Waals surface area contributed by atoms with E-state index in [4.69, 9.17) is 18.9 Å². The fourth-order valence-corrected chi connectivity index (χ4v) is 3.39. The number of alkyl halides is 3. The largest absolute Gasteiger partial charge is 0.573 e. The zero-order valence-electron chi connectivity index (χ0n) is 20.3. The van der Waals surface area contributed by atoms with Gasteiger partial charge in [-0.1, -0.05) is 6.92 Å². The molecule has 0 N–H and O–H groups in total. The summed E-state index contributed by atoms with van der Waals surface area (Å²) in [4.78, 5) is 28.6. The molecule has 13 heteroatoms. The predicted octanol–water partition coefficient (Wildman–Crippen LogP) is 6.10. The average molecular weight is 525 g/mol. The summed E-state index contributed by atoms with van der Waals surface area (Å²) >= 11 is 0. The lowest BCUT2D eigenvalue weighted by atomic mass is 10.0. The van der Waals surface area contributed by atoms with Gasteiger partial charge in [-0.3, -0.25) is 0 Å². The fourth-order valence-electron chi connectivity index (χ4n) is 3.39. The Labute approximate surface area is 208 Å². The second-order valence-electron chi connectivity index (χ2n) is 7.23. The number of hydrogen-bond donors (Lipinski definition) is 0. The molecule has 0 bridgehead atoms. The summed E-state index contributed by atoms with van der Waals surface area (Å²) < 4.78 is 72.6. The fraction of sp³-hybridized carbons (Fsp3) is 0.292. The highest BCUT2D eigenvalue weighted by Gasteiger charge is 2.31. The molecule has 0 radical (unpaired) electrons. The van der Waals surface area contributed by atoms with Crippen LogP contribution in [0.25, 0.3) is 10.9 Å². The summed E-state index contributed by atoms with van der Waals surface area (Å²) in [7, 11) is 3.55. The molecule has 0 fully saturated rings. The molecule has 2 aromatic carbocycles. The van der Waals surface area contributed by atoms with Crippen molar-refractivity contribution in [2.75, 3.05) is 21.3 Å². The minimum Gasteiger partial charge on any atom is -0.492 e. The lowest BCUT2D eigenvalue weighted by molar-refractivity contribution is -0.274. The molecule has 1 aromatic heterocycles. The van der Waals surface area contributed by atoms with Gasteiger partial charge in [-0.05, 0) is 37.6 Å². The Bertz CT molecular complexity index is 1310. The molecule has 0 spiro atoms. The van der Waals surface area contributed by atoms with Crippen molar-refractivity contribution in [2.45, 2.75) is 26.6 Å². The SMILES string of the molecule is CCc1nc2c(OC(=O)OC)cc(Oc3ccc(OC(F)(F)F)cc3)c(OC)c2c(OC(=O)OC)c1C. The molecule has 0 saturated heterocycles. The van der Waals surface area contributed by atoms with Crippen LogP contribution in [0, 0.1) is 6.92 Å². The summed E-state index contributed by atoms with van der Waals surface area (Å²) in [6.45, 7) is 3.49. The van der Waals surface area contributed by atoms with Crippen LogP contribution in [-0.2, 0) is 15.9 Å². The number of pyridine rings is 1. The first-order valence-corrected chi connectivity index (χ1v) is 10.6. The Morgan fingerprint density at radius 2 is 1.49 bits per heavy atom. The highest BCUT2D eigenvalue weighted by molar-refractivity contribution is 6.00. The van der Waals surface area contributed by atoms with Gasteiger partial charge in [0, 0.05) is 17.3 Å². The molecular formula is C24H22F3NO9. The van der Waals surface area contributed by atoms with Crippen LogP contribution in [0.3, 0.4) is 0 Å². The van der Waals surface area contributed by atoms with E-state index in [0.717, 1.165) is 26.4 Å². The van der Waals surface area contributed by atoms with Gasteiger partial charge in [0.25, 0.3) is 0 Å². The van der Waals surface area contributed by atoms with Gasteiger partial charge in [-0.2, -0.15) is 0 Å². The van der Waals surface area contributed by atoms with Gasteiger partial charge in [0.2, 0.25) is 0 Å². The van der Waals surface area contributed by atoms with Crippen molar-refractivity contribution in [3.8, 4) is 34.5 Å². The van der Waals surface area contributed by atoms with E-state index >= 15 is 0 Å². The lowest BCUT2D eigenvalue weighted by Gasteiger charge is -2.19. The number of benzene rings is 2. The minimum atomic E-state index is -4.86. The van der Waals surface area contributed by atoms with Gasteiger partial charge >= 0.3 is 18.7 Å². The Morgan fingerprint density at radius 1 is 0.892 bits per heavy atom. The third-order valence-corrected chi connectivity index (χ3v) is 4.97. The Morgan fingerprint density at radius 3 is 2.03 bits per heavy atom. The monoisotopic (exact) mass is 525 g/mol. The van der Waals surface area contributed by atoms with Crippen LogP contribution in [0.4, 0.5) is 22.8 Å². The van der Waals surface area contributed by atoms with E-state index < -0.39 is 24.4 Å². The number of rotatable bonds is 7. The molecule has 10 nitrogen and oxygen atoms in total. The summed E-state index contributed by atoms with van der Waals surface area (Å²) in [5, 5.41) is 0.107. The average Bonchev–Trinajstić information content (AvgIpc) is 2.85. The van der Waals surface area contributed by atoms with E-state index in [-0.39, 0.29) is 39.7 Å². The van der Waals surface area contributed by atoms with Crippen LogP contribution < -0.4 is 23.7 Å². The van der Waals surface area contributed by atoms with Crippen molar-refractivity contribution in [1.29, 1.82) is 0 Å². The van der Waals surface area contributed by atoms with Crippen LogP contribution >= 0.6 is 0 Å². The van der Waals surface area contributed by atoms with Crippen LogP contribution in [-0.4, -0.2) is 45.0 Å². The molecule has 37 heavy (non-hydrogen) atoms. The number of ether oxygens (including phenoxy) is 7. The number of carbonyl (C=O) groups is 2. The second-order valence-corrected chi connectivity index (χ2v) is 7.23. The first kappa shape index (κ1) is 27.2. The Hall–Kier alpha value is -4.42. The topological polar surface area (TPSA) is 112 Å².